The molecule has 0 saturated heterocycles. The molecule has 2 fully saturated rings. The van der Waals surface area contributed by atoms with Gasteiger partial charge in [0, 0.05) is 11.8 Å². The van der Waals surface area contributed by atoms with Crippen LogP contribution < -0.4 is 0 Å². The van der Waals surface area contributed by atoms with Crippen LogP contribution in [0.3, 0.4) is 0 Å². The minimum atomic E-state index is -0.0560. The first-order chi connectivity index (χ1) is 11.0. The summed E-state index contributed by atoms with van der Waals surface area (Å²) in [6, 6.07) is 4.21. The van der Waals surface area contributed by atoms with Crippen molar-refractivity contribution >= 4 is 5.78 Å². The Morgan fingerprint density at radius 2 is 2.13 bits per heavy atom. The summed E-state index contributed by atoms with van der Waals surface area (Å²) in [5.74, 6) is 2.71. The monoisotopic (exact) mass is 310 g/mol. The van der Waals surface area contributed by atoms with Gasteiger partial charge in [-0.1, -0.05) is 19.1 Å². The van der Waals surface area contributed by atoms with Crippen LogP contribution in [0.5, 0.6) is 5.75 Å². The van der Waals surface area contributed by atoms with Crippen LogP contribution in [0.4, 0.5) is 0 Å². The summed E-state index contributed by atoms with van der Waals surface area (Å²) in [4.78, 5) is 12.4. The third kappa shape index (κ3) is 2.10. The predicted octanol–water partition coefficient (Wildman–Crippen LogP) is 4.55. The van der Waals surface area contributed by atoms with Gasteiger partial charge in [0.25, 0.3) is 0 Å². The summed E-state index contributed by atoms with van der Waals surface area (Å²) in [6.07, 6.45) is 8.82. The molecule has 2 heteroatoms. The topological polar surface area (TPSA) is 37.3 Å². The number of rotatable bonds is 2. The number of benzene rings is 1. The smallest absolute Gasteiger partial charge is 0.139 e. The molecular weight excluding hydrogens is 284 g/mol. The number of aryl methyl sites for hydroxylation is 1. The molecule has 3 aliphatic carbocycles. The minimum Gasteiger partial charge on any atom is -0.508 e. The molecule has 3 aliphatic rings. The van der Waals surface area contributed by atoms with Crippen molar-refractivity contribution in [1.82, 2.24) is 0 Å². The molecular formula is C21H26O2. The van der Waals surface area contributed by atoms with Crippen molar-refractivity contribution in [3.05, 3.63) is 41.5 Å². The summed E-state index contributed by atoms with van der Waals surface area (Å²) >= 11 is 0. The molecule has 1 N–H and O–H groups in total. The summed E-state index contributed by atoms with van der Waals surface area (Å²) in [5, 5.41) is 10.2. The standard InChI is InChI=1S/C21H26O2/c1-3-4-14-11-17-13(12-19(14)22)5-6-16-15(17)9-10-21(2)18(16)7-8-20(21)23/h3,11-12,15-16,18,22H,1,4-10H2,2H3/t15?,16?,18?,21-/m0/s1. The number of carbonyl (C=O) groups excluding carboxylic acids is 1. The lowest BCUT2D eigenvalue weighted by atomic mass is 9.55. The lowest BCUT2D eigenvalue weighted by Gasteiger charge is -2.48. The molecule has 4 rings (SSSR count). The van der Waals surface area contributed by atoms with E-state index < -0.39 is 0 Å². The van der Waals surface area contributed by atoms with E-state index in [0.29, 0.717) is 29.3 Å². The Morgan fingerprint density at radius 1 is 1.30 bits per heavy atom. The van der Waals surface area contributed by atoms with E-state index >= 15 is 0 Å². The maximum Gasteiger partial charge on any atom is 0.139 e. The van der Waals surface area contributed by atoms with Crippen molar-refractivity contribution in [3.8, 4) is 5.75 Å². The minimum absolute atomic E-state index is 0.0560. The van der Waals surface area contributed by atoms with Gasteiger partial charge >= 0.3 is 0 Å². The SMILES string of the molecule is C=CCc1cc2c(cc1O)CCC1C2CC[C@]2(C)C(=O)CCC12. The molecule has 0 aliphatic heterocycles. The highest BCUT2D eigenvalue weighted by Crippen LogP contribution is 2.59. The Labute approximate surface area is 138 Å². The van der Waals surface area contributed by atoms with Crippen LogP contribution in [0.2, 0.25) is 0 Å². The fourth-order valence-electron chi connectivity index (χ4n) is 5.75. The Morgan fingerprint density at radius 3 is 2.91 bits per heavy atom. The van der Waals surface area contributed by atoms with E-state index in [1.54, 1.807) is 0 Å². The van der Waals surface area contributed by atoms with Crippen molar-refractivity contribution in [2.24, 2.45) is 17.3 Å². The van der Waals surface area contributed by atoms with Crippen LogP contribution in [0, 0.1) is 17.3 Å². The second-order valence-corrected chi connectivity index (χ2v) is 8.01. The summed E-state index contributed by atoms with van der Waals surface area (Å²) < 4.78 is 0. The summed E-state index contributed by atoms with van der Waals surface area (Å²) in [6.45, 7) is 6.02. The maximum atomic E-state index is 12.4. The number of ketones is 1. The molecule has 0 radical (unpaired) electrons. The van der Waals surface area contributed by atoms with Gasteiger partial charge in [0.05, 0.1) is 0 Å². The quantitative estimate of drug-likeness (QED) is 0.814. The van der Waals surface area contributed by atoms with Crippen molar-refractivity contribution in [2.45, 2.75) is 57.8 Å². The Bertz CT molecular complexity index is 675. The third-order valence-corrected chi connectivity index (χ3v) is 7.00. The molecule has 0 bridgehead atoms. The highest BCUT2D eigenvalue weighted by Gasteiger charge is 2.54. The van der Waals surface area contributed by atoms with E-state index in [2.05, 4.69) is 19.6 Å². The van der Waals surface area contributed by atoms with Crippen molar-refractivity contribution in [2.75, 3.05) is 0 Å². The zero-order valence-corrected chi connectivity index (χ0v) is 14.0. The van der Waals surface area contributed by atoms with Gasteiger partial charge in [-0.15, -0.1) is 6.58 Å². The lowest BCUT2D eigenvalue weighted by Crippen LogP contribution is -2.42. The van der Waals surface area contributed by atoms with Crippen LogP contribution >= 0.6 is 0 Å². The molecule has 3 unspecified atom stereocenters. The number of Topliss-reactive ketones (excluding diaryl/α,β-unsaturated/α-hetero) is 1. The molecule has 1 aromatic rings. The number of hydrogen-bond donors (Lipinski definition) is 1. The first-order valence-electron chi connectivity index (χ1n) is 9.03. The van der Waals surface area contributed by atoms with Gasteiger partial charge in [-0.2, -0.15) is 0 Å². The normalized spacial score (nSPS) is 35.3. The maximum absolute atomic E-state index is 12.4. The van der Waals surface area contributed by atoms with E-state index in [1.165, 1.54) is 17.5 Å². The van der Waals surface area contributed by atoms with Crippen LogP contribution in [0.25, 0.3) is 0 Å². The molecule has 0 aromatic heterocycles. The first kappa shape index (κ1) is 15.0. The van der Waals surface area contributed by atoms with E-state index in [9.17, 15) is 9.90 Å². The molecule has 23 heavy (non-hydrogen) atoms. The van der Waals surface area contributed by atoms with Gasteiger partial charge in [0.2, 0.25) is 0 Å². The van der Waals surface area contributed by atoms with E-state index in [-0.39, 0.29) is 5.41 Å². The molecule has 2 nitrogen and oxygen atoms in total. The van der Waals surface area contributed by atoms with Crippen LogP contribution in [-0.4, -0.2) is 10.9 Å². The Balaban J connectivity index is 1.73. The molecule has 0 amide bonds. The van der Waals surface area contributed by atoms with Gasteiger partial charge < -0.3 is 5.11 Å². The number of aromatic hydroxyl groups is 1. The molecule has 4 atom stereocenters. The lowest BCUT2D eigenvalue weighted by molar-refractivity contribution is -0.129. The number of allylic oxidation sites excluding steroid dienone is 1. The van der Waals surface area contributed by atoms with Crippen LogP contribution in [-0.2, 0) is 17.6 Å². The zero-order chi connectivity index (χ0) is 16.2. The zero-order valence-electron chi connectivity index (χ0n) is 14.0. The molecule has 2 saturated carbocycles. The van der Waals surface area contributed by atoms with Crippen molar-refractivity contribution in [1.29, 1.82) is 0 Å². The highest BCUT2D eigenvalue weighted by molar-refractivity contribution is 5.87. The molecule has 0 heterocycles. The van der Waals surface area contributed by atoms with Crippen molar-refractivity contribution < 1.29 is 9.90 Å². The van der Waals surface area contributed by atoms with E-state index in [4.69, 9.17) is 0 Å². The van der Waals surface area contributed by atoms with E-state index in [1.807, 2.05) is 12.1 Å². The second kappa shape index (κ2) is 5.22. The van der Waals surface area contributed by atoms with Gasteiger partial charge in [-0.3, -0.25) is 4.79 Å². The molecule has 122 valence electrons. The Kier molecular flexibility index (Phi) is 3.40. The van der Waals surface area contributed by atoms with Crippen LogP contribution in [0.1, 0.15) is 61.6 Å². The largest absolute Gasteiger partial charge is 0.508 e. The van der Waals surface area contributed by atoms with Gasteiger partial charge in [0.1, 0.15) is 11.5 Å². The molecule has 0 spiro atoms. The number of carbonyl (C=O) groups is 1. The Hall–Kier alpha value is -1.57. The predicted molar refractivity (Wildman–Crippen MR) is 91.6 cm³/mol. The second-order valence-electron chi connectivity index (χ2n) is 8.01. The first-order valence-corrected chi connectivity index (χ1v) is 9.03. The fourth-order valence-corrected chi connectivity index (χ4v) is 5.75. The highest BCUT2D eigenvalue weighted by atomic mass is 16.3. The third-order valence-electron chi connectivity index (χ3n) is 7.00. The van der Waals surface area contributed by atoms with E-state index in [0.717, 1.165) is 44.1 Å². The van der Waals surface area contributed by atoms with Gasteiger partial charge in [0.15, 0.2) is 0 Å². The number of phenols is 1. The van der Waals surface area contributed by atoms with Gasteiger partial charge in [-0.05, 0) is 79.0 Å². The van der Waals surface area contributed by atoms with Gasteiger partial charge in [-0.25, -0.2) is 0 Å². The van der Waals surface area contributed by atoms with Crippen LogP contribution in [0.15, 0.2) is 24.8 Å². The number of phenolic OH excluding ortho intramolecular Hbond substituents is 1. The fraction of sp³-hybridized carbons (Fsp3) is 0.571. The average Bonchev–Trinajstić information content (AvgIpc) is 2.84. The number of fused-ring (bicyclic) bond motifs is 5. The summed E-state index contributed by atoms with van der Waals surface area (Å²) in [7, 11) is 0. The average molecular weight is 310 g/mol. The number of hydrogen-bond acceptors (Lipinski definition) is 2. The molecule has 1 aromatic carbocycles. The summed E-state index contributed by atoms with van der Waals surface area (Å²) in [5.41, 5.74) is 3.71. The van der Waals surface area contributed by atoms with Crippen molar-refractivity contribution in [3.63, 3.8) is 0 Å².